The highest BCUT2D eigenvalue weighted by molar-refractivity contribution is 8.14. The number of hydrogen-bond donors (Lipinski definition) is 0. The van der Waals surface area contributed by atoms with Gasteiger partial charge in [-0.1, -0.05) is 65.3 Å². The first-order valence-corrected chi connectivity index (χ1v) is 10.7. The van der Waals surface area contributed by atoms with Crippen molar-refractivity contribution in [3.8, 4) is 0 Å². The molecule has 3 heterocycles. The van der Waals surface area contributed by atoms with Crippen molar-refractivity contribution in [2.45, 2.75) is 19.4 Å². The van der Waals surface area contributed by atoms with Gasteiger partial charge in [0, 0.05) is 17.4 Å². The Morgan fingerprint density at radius 2 is 1.97 bits per heavy atom. The van der Waals surface area contributed by atoms with Gasteiger partial charge in [0.15, 0.2) is 5.17 Å². The minimum atomic E-state index is -0.160. The van der Waals surface area contributed by atoms with Gasteiger partial charge in [-0.05, 0) is 30.7 Å². The second kappa shape index (κ2) is 7.28. The van der Waals surface area contributed by atoms with Gasteiger partial charge in [-0.15, -0.1) is 0 Å². The molecule has 29 heavy (non-hydrogen) atoms. The lowest BCUT2D eigenvalue weighted by Gasteiger charge is -2.23. The van der Waals surface area contributed by atoms with Crippen LogP contribution in [-0.2, 0) is 4.79 Å². The highest BCUT2D eigenvalue weighted by Gasteiger charge is 2.36. The van der Waals surface area contributed by atoms with Gasteiger partial charge in [-0.25, -0.2) is 9.99 Å². The summed E-state index contributed by atoms with van der Waals surface area (Å²) in [5.41, 5.74) is 4.91. The van der Waals surface area contributed by atoms with Gasteiger partial charge in [0.25, 0.3) is 5.91 Å². The van der Waals surface area contributed by atoms with Crippen molar-refractivity contribution in [3.63, 3.8) is 0 Å². The zero-order valence-corrected chi connectivity index (χ0v) is 17.2. The van der Waals surface area contributed by atoms with Crippen LogP contribution < -0.4 is 0 Å². The van der Waals surface area contributed by atoms with Crippen LogP contribution in [0.4, 0.5) is 0 Å². The molecule has 5 rings (SSSR count). The van der Waals surface area contributed by atoms with Gasteiger partial charge in [-0.2, -0.15) is 10.1 Å². The Bertz CT molecular complexity index is 1190. The van der Waals surface area contributed by atoms with Gasteiger partial charge in [0.2, 0.25) is 0 Å². The van der Waals surface area contributed by atoms with Gasteiger partial charge in [0.05, 0.1) is 23.0 Å². The molecule has 2 aliphatic rings. The number of amides is 1. The number of fused-ring (bicyclic) bond motifs is 1. The lowest BCUT2D eigenvalue weighted by Crippen LogP contribution is -2.24. The van der Waals surface area contributed by atoms with Crippen LogP contribution in [0.1, 0.15) is 29.2 Å². The third-order valence-electron chi connectivity index (χ3n) is 5.07. The molecule has 0 fully saturated rings. The zero-order valence-electron chi connectivity index (χ0n) is 15.7. The summed E-state index contributed by atoms with van der Waals surface area (Å²) in [6.45, 7) is 2.06. The van der Waals surface area contributed by atoms with Gasteiger partial charge in [-0.3, -0.25) is 4.79 Å². The monoisotopic (exact) mass is 420 g/mol. The molecule has 144 valence electrons. The number of nitrogens with zero attached hydrogens (tertiary/aromatic N) is 4. The van der Waals surface area contributed by atoms with E-state index < -0.39 is 0 Å². The van der Waals surface area contributed by atoms with E-state index in [4.69, 9.17) is 16.7 Å². The van der Waals surface area contributed by atoms with Crippen molar-refractivity contribution in [1.82, 2.24) is 9.99 Å². The highest BCUT2D eigenvalue weighted by atomic mass is 35.5. The first-order chi connectivity index (χ1) is 14.1. The minimum absolute atomic E-state index is 0.134. The van der Waals surface area contributed by atoms with Crippen LogP contribution in [0, 0.1) is 6.92 Å². The number of aliphatic imine (C=N–C) groups is 1. The molecule has 2 aromatic carbocycles. The van der Waals surface area contributed by atoms with E-state index >= 15 is 0 Å². The molecule has 3 aromatic rings. The van der Waals surface area contributed by atoms with Crippen LogP contribution in [0.25, 0.3) is 10.9 Å². The molecule has 2 aliphatic heterocycles. The van der Waals surface area contributed by atoms with Crippen LogP contribution in [-0.4, -0.2) is 32.5 Å². The fourth-order valence-electron chi connectivity index (χ4n) is 3.67. The number of thioether (sulfide) groups is 1. The molecule has 7 heteroatoms. The Morgan fingerprint density at radius 1 is 1.14 bits per heavy atom. The summed E-state index contributed by atoms with van der Waals surface area (Å²) in [5, 5.41) is 8.77. The van der Waals surface area contributed by atoms with E-state index in [0.717, 1.165) is 27.7 Å². The van der Waals surface area contributed by atoms with Crippen LogP contribution in [0.15, 0.2) is 64.7 Å². The SMILES string of the molecule is Cc1ccc2nc(Cl)c(C3CC(c4ccccc4)=NN3C3=NC(=O)CS3)cc2c1. The van der Waals surface area contributed by atoms with E-state index in [2.05, 4.69) is 29.0 Å². The number of hydrazone groups is 1. The van der Waals surface area contributed by atoms with E-state index in [1.807, 2.05) is 47.5 Å². The number of halogens is 1. The maximum atomic E-state index is 11.8. The van der Waals surface area contributed by atoms with E-state index in [1.54, 1.807) is 0 Å². The molecule has 1 atom stereocenters. The summed E-state index contributed by atoms with van der Waals surface area (Å²) >= 11 is 8.03. The Morgan fingerprint density at radius 3 is 2.72 bits per heavy atom. The van der Waals surface area contributed by atoms with Crippen LogP contribution in [0.5, 0.6) is 0 Å². The summed E-state index contributed by atoms with van der Waals surface area (Å²) in [6, 6.07) is 18.1. The van der Waals surface area contributed by atoms with Gasteiger partial charge >= 0.3 is 0 Å². The molecule has 0 spiro atoms. The molecule has 0 saturated carbocycles. The maximum absolute atomic E-state index is 11.8. The average Bonchev–Trinajstić information content (AvgIpc) is 3.35. The Labute approximate surface area is 177 Å². The third kappa shape index (κ3) is 3.43. The largest absolute Gasteiger partial charge is 0.272 e. The summed E-state index contributed by atoms with van der Waals surface area (Å²) in [6.07, 6.45) is 0.663. The molecule has 1 aromatic heterocycles. The molecule has 1 unspecified atom stereocenters. The Hall–Kier alpha value is -2.70. The number of rotatable bonds is 2. The van der Waals surface area contributed by atoms with Crippen molar-refractivity contribution in [2.24, 2.45) is 10.1 Å². The fourth-order valence-corrected chi connectivity index (χ4v) is 4.73. The van der Waals surface area contributed by atoms with Crippen molar-refractivity contribution < 1.29 is 4.79 Å². The zero-order chi connectivity index (χ0) is 20.0. The Kier molecular flexibility index (Phi) is 4.60. The van der Waals surface area contributed by atoms with E-state index in [1.165, 1.54) is 17.3 Å². The number of carbonyl (C=O) groups excluding carboxylic acids is 1. The topological polar surface area (TPSA) is 57.9 Å². The number of pyridine rings is 1. The molecule has 1 amide bonds. The van der Waals surface area contributed by atoms with Gasteiger partial charge in [0.1, 0.15) is 5.15 Å². The summed E-state index contributed by atoms with van der Waals surface area (Å²) in [4.78, 5) is 20.5. The van der Waals surface area contributed by atoms with Crippen molar-refractivity contribution in [2.75, 3.05) is 5.75 Å². The molecule has 0 aliphatic carbocycles. The quantitative estimate of drug-likeness (QED) is 0.549. The van der Waals surface area contributed by atoms with Crippen LogP contribution in [0.3, 0.4) is 0 Å². The number of aromatic nitrogens is 1. The molecular formula is C22H17ClN4OS. The van der Waals surface area contributed by atoms with Gasteiger partial charge < -0.3 is 0 Å². The molecule has 5 nitrogen and oxygen atoms in total. The lowest BCUT2D eigenvalue weighted by atomic mass is 9.98. The second-order valence-electron chi connectivity index (χ2n) is 7.12. The first-order valence-electron chi connectivity index (χ1n) is 9.32. The van der Waals surface area contributed by atoms with Crippen LogP contribution in [0.2, 0.25) is 5.15 Å². The number of amidine groups is 1. The normalized spacial score (nSPS) is 19.0. The number of hydrogen-bond acceptors (Lipinski definition) is 5. The summed E-state index contributed by atoms with van der Waals surface area (Å²) in [5.74, 6) is 0.211. The molecular weight excluding hydrogens is 404 g/mol. The van der Waals surface area contributed by atoms with E-state index in [0.29, 0.717) is 22.5 Å². The number of aryl methyl sites for hydroxylation is 1. The fraction of sp³-hybridized carbons (Fsp3) is 0.182. The third-order valence-corrected chi connectivity index (χ3v) is 6.30. The van der Waals surface area contributed by atoms with Crippen molar-refractivity contribution >= 4 is 51.1 Å². The highest BCUT2D eigenvalue weighted by Crippen LogP contribution is 2.39. The number of carbonyl (C=O) groups is 1. The standard InChI is InChI=1S/C22H17ClN4OS/c1-13-7-8-17-15(9-13)10-16(21(23)24-17)19-11-18(14-5-3-2-4-6-14)26-27(19)22-25-20(28)12-29-22/h2-10,19H,11-12H2,1H3. The first kappa shape index (κ1) is 18.3. The lowest BCUT2D eigenvalue weighted by molar-refractivity contribution is -0.115. The van der Waals surface area contributed by atoms with Crippen molar-refractivity contribution in [1.29, 1.82) is 0 Å². The average molecular weight is 421 g/mol. The molecule has 0 radical (unpaired) electrons. The maximum Gasteiger partial charge on any atom is 0.258 e. The van der Waals surface area contributed by atoms with Crippen LogP contribution >= 0.6 is 23.4 Å². The Balaban J connectivity index is 1.61. The minimum Gasteiger partial charge on any atom is -0.272 e. The molecule has 0 bridgehead atoms. The van der Waals surface area contributed by atoms with E-state index in [-0.39, 0.29) is 11.9 Å². The van der Waals surface area contributed by atoms with Crippen molar-refractivity contribution in [3.05, 3.63) is 76.4 Å². The molecule has 0 saturated heterocycles. The van der Waals surface area contributed by atoms with E-state index in [9.17, 15) is 4.79 Å². The predicted octanol–water partition coefficient (Wildman–Crippen LogP) is 4.98. The summed E-state index contributed by atoms with van der Waals surface area (Å²) < 4.78 is 0. The number of benzene rings is 2. The summed E-state index contributed by atoms with van der Waals surface area (Å²) in [7, 11) is 0. The smallest absolute Gasteiger partial charge is 0.258 e. The molecule has 0 N–H and O–H groups in total. The second-order valence-corrected chi connectivity index (χ2v) is 8.42. The predicted molar refractivity (Wildman–Crippen MR) is 119 cm³/mol.